The van der Waals surface area contributed by atoms with Crippen LogP contribution in [0.3, 0.4) is 0 Å². The number of ether oxygens (including phenoxy) is 3. The molecule has 1 aliphatic rings. The molecule has 0 saturated heterocycles. The topological polar surface area (TPSA) is 44.8 Å². The van der Waals surface area contributed by atoms with E-state index in [1.54, 1.807) is 18.2 Å². The Kier molecular flexibility index (Phi) is 3.57. The summed E-state index contributed by atoms with van der Waals surface area (Å²) in [6.45, 7) is 6.90. The zero-order valence-electron chi connectivity index (χ0n) is 11.0. The van der Waals surface area contributed by atoms with Crippen LogP contribution in [0.1, 0.15) is 31.1 Å². The number of benzene rings is 1. The molecular weight excluding hydrogens is 232 g/mol. The maximum atomic E-state index is 12.0. The molecule has 0 radical (unpaired) electrons. The first kappa shape index (κ1) is 12.9. The van der Waals surface area contributed by atoms with Crippen molar-refractivity contribution in [1.29, 1.82) is 0 Å². The van der Waals surface area contributed by atoms with Crippen molar-refractivity contribution in [2.24, 2.45) is 0 Å². The van der Waals surface area contributed by atoms with Gasteiger partial charge in [0, 0.05) is 5.56 Å². The minimum absolute atomic E-state index is 0.0538. The molecule has 1 heterocycles. The molecule has 18 heavy (non-hydrogen) atoms. The molecule has 0 saturated carbocycles. The number of hydrogen-bond donors (Lipinski definition) is 0. The Morgan fingerprint density at radius 1 is 1.22 bits per heavy atom. The highest BCUT2D eigenvalue weighted by Crippen LogP contribution is 2.30. The standard InChI is InChI=1S/C14H18O4/c1-14(2,3)18-9-11(15)10-4-5-12-13(8-10)17-7-6-16-12/h4-5,8H,6-7,9H2,1-3H3. The monoisotopic (exact) mass is 250 g/mol. The highest BCUT2D eigenvalue weighted by atomic mass is 16.6. The molecule has 0 aromatic heterocycles. The Morgan fingerprint density at radius 2 is 1.89 bits per heavy atom. The molecule has 1 aromatic carbocycles. The number of rotatable bonds is 3. The fourth-order valence-electron chi connectivity index (χ4n) is 1.58. The van der Waals surface area contributed by atoms with Crippen LogP contribution in [0.4, 0.5) is 0 Å². The minimum atomic E-state index is -0.316. The molecule has 4 nitrogen and oxygen atoms in total. The van der Waals surface area contributed by atoms with Crippen molar-refractivity contribution in [2.75, 3.05) is 19.8 Å². The lowest BCUT2D eigenvalue weighted by Crippen LogP contribution is -2.24. The summed E-state index contributed by atoms with van der Waals surface area (Å²) >= 11 is 0. The fraction of sp³-hybridized carbons (Fsp3) is 0.500. The Balaban J connectivity index is 2.07. The molecule has 1 aliphatic heterocycles. The number of ketones is 1. The number of carbonyl (C=O) groups excluding carboxylic acids is 1. The third-order valence-electron chi connectivity index (χ3n) is 2.50. The van der Waals surface area contributed by atoms with Gasteiger partial charge in [0.25, 0.3) is 0 Å². The summed E-state index contributed by atoms with van der Waals surface area (Å²) in [5.74, 6) is 1.26. The number of fused-ring (bicyclic) bond motifs is 1. The van der Waals surface area contributed by atoms with E-state index in [1.165, 1.54) is 0 Å². The summed E-state index contributed by atoms with van der Waals surface area (Å²) in [6.07, 6.45) is 0. The molecule has 0 unspecified atom stereocenters. The second kappa shape index (κ2) is 4.98. The van der Waals surface area contributed by atoms with E-state index in [9.17, 15) is 4.79 Å². The number of Topliss-reactive ketones (excluding diaryl/α,β-unsaturated/α-hetero) is 1. The molecule has 0 amide bonds. The first-order valence-corrected chi connectivity index (χ1v) is 6.02. The van der Waals surface area contributed by atoms with Gasteiger partial charge in [-0.15, -0.1) is 0 Å². The van der Waals surface area contributed by atoms with Crippen molar-refractivity contribution in [3.63, 3.8) is 0 Å². The van der Waals surface area contributed by atoms with Gasteiger partial charge in [0.2, 0.25) is 0 Å². The first-order chi connectivity index (χ1) is 8.46. The van der Waals surface area contributed by atoms with E-state index in [-0.39, 0.29) is 18.0 Å². The van der Waals surface area contributed by atoms with Gasteiger partial charge < -0.3 is 14.2 Å². The summed E-state index contributed by atoms with van der Waals surface area (Å²) in [6, 6.07) is 5.21. The van der Waals surface area contributed by atoms with Crippen LogP contribution in [0.5, 0.6) is 11.5 Å². The van der Waals surface area contributed by atoms with Crippen molar-refractivity contribution in [3.05, 3.63) is 23.8 Å². The minimum Gasteiger partial charge on any atom is -0.486 e. The fourth-order valence-corrected chi connectivity index (χ4v) is 1.58. The summed E-state index contributed by atoms with van der Waals surface area (Å²) < 4.78 is 16.3. The second-order valence-electron chi connectivity index (χ2n) is 5.18. The predicted octanol–water partition coefficient (Wildman–Crippen LogP) is 2.46. The van der Waals surface area contributed by atoms with Crippen LogP contribution in [-0.2, 0) is 4.74 Å². The summed E-state index contributed by atoms with van der Waals surface area (Å²) in [4.78, 5) is 12.0. The molecular formula is C14H18O4. The van der Waals surface area contributed by atoms with Crippen molar-refractivity contribution in [1.82, 2.24) is 0 Å². The first-order valence-electron chi connectivity index (χ1n) is 6.02. The van der Waals surface area contributed by atoms with E-state index in [0.717, 1.165) is 0 Å². The smallest absolute Gasteiger partial charge is 0.188 e. The van der Waals surface area contributed by atoms with Gasteiger partial charge in [-0.25, -0.2) is 0 Å². The van der Waals surface area contributed by atoms with Crippen LogP contribution in [-0.4, -0.2) is 31.2 Å². The normalized spacial score (nSPS) is 14.4. The lowest BCUT2D eigenvalue weighted by atomic mass is 10.1. The molecule has 0 aliphatic carbocycles. The van der Waals surface area contributed by atoms with Gasteiger partial charge in [-0.3, -0.25) is 4.79 Å². The van der Waals surface area contributed by atoms with Gasteiger partial charge in [0.1, 0.15) is 19.8 Å². The van der Waals surface area contributed by atoms with Gasteiger partial charge >= 0.3 is 0 Å². The molecule has 0 fully saturated rings. The van der Waals surface area contributed by atoms with Crippen LogP contribution in [0.2, 0.25) is 0 Å². The third kappa shape index (κ3) is 3.23. The molecule has 0 spiro atoms. The van der Waals surface area contributed by atoms with E-state index in [1.807, 2.05) is 20.8 Å². The average molecular weight is 250 g/mol. The molecule has 4 heteroatoms. The highest BCUT2D eigenvalue weighted by Gasteiger charge is 2.17. The second-order valence-corrected chi connectivity index (χ2v) is 5.18. The van der Waals surface area contributed by atoms with Crippen LogP contribution in [0, 0.1) is 0 Å². The zero-order chi connectivity index (χ0) is 13.2. The Hall–Kier alpha value is -1.55. The van der Waals surface area contributed by atoms with Gasteiger partial charge in [-0.05, 0) is 39.0 Å². The largest absolute Gasteiger partial charge is 0.486 e. The number of carbonyl (C=O) groups is 1. The van der Waals surface area contributed by atoms with Crippen LogP contribution in [0.15, 0.2) is 18.2 Å². The van der Waals surface area contributed by atoms with Crippen molar-refractivity contribution >= 4 is 5.78 Å². The molecule has 1 aromatic rings. The van der Waals surface area contributed by atoms with E-state index in [0.29, 0.717) is 30.3 Å². The maximum Gasteiger partial charge on any atom is 0.188 e. The van der Waals surface area contributed by atoms with Crippen molar-refractivity contribution in [2.45, 2.75) is 26.4 Å². The van der Waals surface area contributed by atoms with E-state index in [2.05, 4.69) is 0 Å². The average Bonchev–Trinajstić information content (AvgIpc) is 2.34. The van der Waals surface area contributed by atoms with Crippen LogP contribution in [0.25, 0.3) is 0 Å². The van der Waals surface area contributed by atoms with E-state index < -0.39 is 0 Å². The van der Waals surface area contributed by atoms with Gasteiger partial charge in [0.15, 0.2) is 17.3 Å². The SMILES string of the molecule is CC(C)(C)OCC(=O)c1ccc2c(c1)OCCO2. The number of hydrogen-bond acceptors (Lipinski definition) is 4. The van der Waals surface area contributed by atoms with Gasteiger partial charge in [0.05, 0.1) is 5.60 Å². The quantitative estimate of drug-likeness (QED) is 0.773. The molecule has 0 bridgehead atoms. The molecule has 98 valence electrons. The van der Waals surface area contributed by atoms with Gasteiger partial charge in [-0.1, -0.05) is 0 Å². The predicted molar refractivity (Wildman–Crippen MR) is 67.5 cm³/mol. The summed E-state index contributed by atoms with van der Waals surface area (Å²) in [5.41, 5.74) is 0.271. The lowest BCUT2D eigenvalue weighted by Gasteiger charge is -2.20. The lowest BCUT2D eigenvalue weighted by molar-refractivity contribution is 0.00304. The molecule has 2 rings (SSSR count). The van der Waals surface area contributed by atoms with Crippen LogP contribution >= 0.6 is 0 Å². The summed E-state index contributed by atoms with van der Waals surface area (Å²) in [7, 11) is 0. The molecule has 0 atom stereocenters. The van der Waals surface area contributed by atoms with Gasteiger partial charge in [-0.2, -0.15) is 0 Å². The van der Waals surface area contributed by atoms with Crippen molar-refractivity contribution in [3.8, 4) is 11.5 Å². The molecule has 0 N–H and O–H groups in total. The van der Waals surface area contributed by atoms with Crippen LogP contribution < -0.4 is 9.47 Å². The third-order valence-corrected chi connectivity index (χ3v) is 2.50. The van der Waals surface area contributed by atoms with E-state index in [4.69, 9.17) is 14.2 Å². The van der Waals surface area contributed by atoms with E-state index >= 15 is 0 Å². The zero-order valence-corrected chi connectivity index (χ0v) is 11.0. The van der Waals surface area contributed by atoms with Crippen molar-refractivity contribution < 1.29 is 19.0 Å². The highest BCUT2D eigenvalue weighted by molar-refractivity contribution is 5.97. The maximum absolute atomic E-state index is 12.0. The Bertz CT molecular complexity index is 446. The summed E-state index contributed by atoms with van der Waals surface area (Å²) in [5, 5.41) is 0. The Morgan fingerprint density at radius 3 is 2.56 bits per heavy atom. The Labute approximate surface area is 107 Å².